The summed E-state index contributed by atoms with van der Waals surface area (Å²) in [7, 11) is 0. The van der Waals surface area contributed by atoms with Crippen molar-refractivity contribution in [1.29, 1.82) is 0 Å². The van der Waals surface area contributed by atoms with E-state index in [9.17, 15) is 14.9 Å². The van der Waals surface area contributed by atoms with Gasteiger partial charge in [-0.15, -0.1) is 0 Å². The standard InChI is InChI=1S/C25H19Br2N3O4S/c1-14-8-18(9-15(2)23(14)27)28-25-29-24(31)22(35-25)12-16-6-7-21(20(26)11-16)34-13-17-4-3-5-19(10-17)30(32)33/h3-12H,13H2,1-2H3,(H,28,29,31)/b22-12-. The third-order valence-corrected chi connectivity index (χ3v) is 7.85. The van der Waals surface area contributed by atoms with E-state index in [1.54, 1.807) is 24.3 Å². The summed E-state index contributed by atoms with van der Waals surface area (Å²) in [6, 6.07) is 15.7. The molecule has 4 rings (SSSR count). The number of hydrogen-bond donors (Lipinski definition) is 1. The summed E-state index contributed by atoms with van der Waals surface area (Å²) < 4.78 is 7.57. The van der Waals surface area contributed by atoms with Crippen molar-refractivity contribution in [3.05, 3.63) is 101 Å². The SMILES string of the molecule is Cc1cc(N=C2NC(=O)/C(=C/c3ccc(OCc4cccc([N+](=O)[O-])c4)c(Br)c3)S2)cc(C)c1Br. The number of benzene rings is 3. The lowest BCUT2D eigenvalue weighted by Gasteiger charge is -2.09. The maximum absolute atomic E-state index is 12.5. The molecule has 1 aliphatic heterocycles. The molecular weight excluding hydrogens is 598 g/mol. The van der Waals surface area contributed by atoms with Crippen LogP contribution in [-0.2, 0) is 11.4 Å². The van der Waals surface area contributed by atoms with Gasteiger partial charge in [0.1, 0.15) is 12.4 Å². The average Bonchev–Trinajstić information content (AvgIpc) is 3.15. The second-order valence-corrected chi connectivity index (χ2v) is 10.5. The highest BCUT2D eigenvalue weighted by molar-refractivity contribution is 9.10. The van der Waals surface area contributed by atoms with Gasteiger partial charge < -0.3 is 10.1 Å². The van der Waals surface area contributed by atoms with Gasteiger partial charge in [0.2, 0.25) is 0 Å². The van der Waals surface area contributed by atoms with Gasteiger partial charge in [-0.05, 0) is 94.1 Å². The Morgan fingerprint density at radius 3 is 2.54 bits per heavy atom. The molecule has 10 heteroatoms. The van der Waals surface area contributed by atoms with E-state index in [0.29, 0.717) is 25.9 Å². The Labute approximate surface area is 223 Å². The lowest BCUT2D eigenvalue weighted by molar-refractivity contribution is -0.384. The van der Waals surface area contributed by atoms with Crippen molar-refractivity contribution in [3.8, 4) is 5.75 Å². The zero-order valence-corrected chi connectivity index (χ0v) is 22.7. The number of nitro groups is 1. The number of rotatable bonds is 6. The van der Waals surface area contributed by atoms with Crippen molar-refractivity contribution in [2.24, 2.45) is 4.99 Å². The highest BCUT2D eigenvalue weighted by Gasteiger charge is 2.24. The number of non-ortho nitro benzene ring substituents is 1. The molecular formula is C25H19Br2N3O4S. The maximum atomic E-state index is 12.5. The molecule has 1 heterocycles. The highest BCUT2D eigenvalue weighted by Crippen LogP contribution is 2.33. The molecule has 1 N–H and O–H groups in total. The minimum Gasteiger partial charge on any atom is -0.488 e. The normalized spacial score (nSPS) is 15.5. The third kappa shape index (κ3) is 6.19. The van der Waals surface area contributed by atoms with E-state index in [0.717, 1.165) is 26.9 Å². The smallest absolute Gasteiger partial charge is 0.269 e. The molecule has 3 aromatic carbocycles. The fourth-order valence-corrected chi connectivity index (χ4v) is 4.96. The Bertz CT molecular complexity index is 1380. The van der Waals surface area contributed by atoms with Crippen LogP contribution in [0.2, 0.25) is 0 Å². The van der Waals surface area contributed by atoms with Crippen LogP contribution in [0.5, 0.6) is 5.75 Å². The quantitative estimate of drug-likeness (QED) is 0.179. The molecule has 1 aliphatic rings. The number of carbonyl (C=O) groups is 1. The van der Waals surface area contributed by atoms with Gasteiger partial charge >= 0.3 is 0 Å². The zero-order chi connectivity index (χ0) is 25.1. The van der Waals surface area contributed by atoms with Crippen molar-refractivity contribution < 1.29 is 14.5 Å². The van der Waals surface area contributed by atoms with Crippen LogP contribution in [0.3, 0.4) is 0 Å². The van der Waals surface area contributed by atoms with Crippen molar-refractivity contribution in [2.75, 3.05) is 0 Å². The number of aryl methyl sites for hydroxylation is 2. The molecule has 35 heavy (non-hydrogen) atoms. The summed E-state index contributed by atoms with van der Waals surface area (Å²) in [6.45, 7) is 4.19. The minimum atomic E-state index is -0.435. The van der Waals surface area contributed by atoms with Crippen LogP contribution in [0.15, 0.2) is 73.4 Å². The van der Waals surface area contributed by atoms with Gasteiger partial charge in [0, 0.05) is 16.6 Å². The molecule has 3 aromatic rings. The van der Waals surface area contributed by atoms with Gasteiger partial charge in [-0.25, -0.2) is 4.99 Å². The number of nitro benzene ring substituents is 1. The topological polar surface area (TPSA) is 93.8 Å². The number of halogens is 2. The number of amides is 1. The summed E-state index contributed by atoms with van der Waals surface area (Å²) in [5.41, 5.74) is 4.46. The Balaban J connectivity index is 1.46. The summed E-state index contributed by atoms with van der Waals surface area (Å²) >= 11 is 8.34. The zero-order valence-electron chi connectivity index (χ0n) is 18.7. The van der Waals surface area contributed by atoms with Crippen LogP contribution in [-0.4, -0.2) is 16.0 Å². The van der Waals surface area contributed by atoms with E-state index < -0.39 is 4.92 Å². The lowest BCUT2D eigenvalue weighted by atomic mass is 10.1. The fraction of sp³-hybridized carbons (Fsp3) is 0.120. The molecule has 7 nitrogen and oxygen atoms in total. The first-order valence-corrected chi connectivity index (χ1v) is 12.8. The van der Waals surface area contributed by atoms with Crippen LogP contribution in [0.25, 0.3) is 6.08 Å². The van der Waals surface area contributed by atoms with E-state index in [2.05, 4.69) is 42.2 Å². The number of nitrogens with zero attached hydrogens (tertiary/aromatic N) is 2. The first-order chi connectivity index (χ1) is 16.7. The summed E-state index contributed by atoms with van der Waals surface area (Å²) in [5, 5.41) is 14.3. The monoisotopic (exact) mass is 615 g/mol. The predicted molar refractivity (Wildman–Crippen MR) is 146 cm³/mol. The lowest BCUT2D eigenvalue weighted by Crippen LogP contribution is -2.19. The number of amidine groups is 1. The molecule has 0 aromatic heterocycles. The fourth-order valence-electron chi connectivity index (χ4n) is 3.38. The van der Waals surface area contributed by atoms with Crippen LogP contribution >= 0.6 is 43.6 Å². The number of carbonyl (C=O) groups excluding carboxylic acids is 1. The highest BCUT2D eigenvalue weighted by atomic mass is 79.9. The summed E-state index contributed by atoms with van der Waals surface area (Å²) in [4.78, 5) is 28.1. The van der Waals surface area contributed by atoms with Crippen LogP contribution in [0.1, 0.15) is 22.3 Å². The first kappa shape index (κ1) is 25.2. The molecule has 178 valence electrons. The molecule has 1 fully saturated rings. The number of nitrogens with one attached hydrogen (secondary N) is 1. The molecule has 0 atom stereocenters. The van der Waals surface area contributed by atoms with Crippen LogP contribution < -0.4 is 10.1 Å². The van der Waals surface area contributed by atoms with E-state index in [1.165, 1.54) is 23.9 Å². The van der Waals surface area contributed by atoms with E-state index in [1.807, 2.05) is 38.1 Å². The third-order valence-electron chi connectivity index (χ3n) is 5.07. The molecule has 0 bridgehead atoms. The number of ether oxygens (including phenoxy) is 1. The van der Waals surface area contributed by atoms with Gasteiger partial charge in [0.05, 0.1) is 20.0 Å². The van der Waals surface area contributed by atoms with Gasteiger partial charge in [0.25, 0.3) is 11.6 Å². The van der Waals surface area contributed by atoms with Gasteiger partial charge in [-0.3, -0.25) is 14.9 Å². The Morgan fingerprint density at radius 2 is 1.86 bits per heavy atom. The number of aliphatic imine (C=N–C) groups is 1. The van der Waals surface area contributed by atoms with Gasteiger partial charge in [-0.2, -0.15) is 0 Å². The predicted octanol–water partition coefficient (Wildman–Crippen LogP) is 7.21. The Morgan fingerprint density at radius 1 is 1.11 bits per heavy atom. The van der Waals surface area contributed by atoms with E-state index in [4.69, 9.17) is 4.74 Å². The first-order valence-electron chi connectivity index (χ1n) is 10.4. The molecule has 1 amide bonds. The molecule has 1 saturated heterocycles. The van der Waals surface area contributed by atoms with E-state index in [-0.39, 0.29) is 18.2 Å². The van der Waals surface area contributed by atoms with Crippen molar-refractivity contribution in [1.82, 2.24) is 5.32 Å². The summed E-state index contributed by atoms with van der Waals surface area (Å²) in [6.07, 6.45) is 1.79. The van der Waals surface area contributed by atoms with Crippen molar-refractivity contribution >= 4 is 72.1 Å². The molecule has 0 radical (unpaired) electrons. The minimum absolute atomic E-state index is 0.0211. The van der Waals surface area contributed by atoms with E-state index >= 15 is 0 Å². The second kappa shape index (κ2) is 10.8. The van der Waals surface area contributed by atoms with Crippen LogP contribution in [0, 0.1) is 24.0 Å². The molecule has 0 spiro atoms. The Kier molecular flexibility index (Phi) is 7.73. The van der Waals surface area contributed by atoms with Crippen molar-refractivity contribution in [3.63, 3.8) is 0 Å². The molecule has 0 unspecified atom stereocenters. The van der Waals surface area contributed by atoms with Gasteiger partial charge in [-0.1, -0.05) is 34.1 Å². The number of hydrogen-bond acceptors (Lipinski definition) is 6. The largest absolute Gasteiger partial charge is 0.488 e. The average molecular weight is 617 g/mol. The second-order valence-electron chi connectivity index (χ2n) is 7.78. The molecule has 0 saturated carbocycles. The summed E-state index contributed by atoms with van der Waals surface area (Å²) in [5.74, 6) is 0.381. The number of thioether (sulfide) groups is 1. The molecule has 0 aliphatic carbocycles. The van der Waals surface area contributed by atoms with Crippen molar-refractivity contribution in [2.45, 2.75) is 20.5 Å². The maximum Gasteiger partial charge on any atom is 0.269 e. The van der Waals surface area contributed by atoms with Crippen LogP contribution in [0.4, 0.5) is 11.4 Å². The van der Waals surface area contributed by atoms with Gasteiger partial charge in [0.15, 0.2) is 5.17 Å². The Hall–Kier alpha value is -2.95.